The molecule has 4 heteroatoms. The Bertz CT molecular complexity index is 483. The van der Waals surface area contributed by atoms with Crippen molar-refractivity contribution in [3.63, 3.8) is 0 Å². The summed E-state index contributed by atoms with van der Waals surface area (Å²) in [6.07, 6.45) is -0.317. The molecule has 0 radical (unpaired) electrons. The van der Waals surface area contributed by atoms with E-state index in [1.165, 1.54) is 4.90 Å². The lowest BCUT2D eigenvalue weighted by atomic mass is 10.1. The summed E-state index contributed by atoms with van der Waals surface area (Å²) < 4.78 is 5.15. The molecule has 4 nitrogen and oxygen atoms in total. The van der Waals surface area contributed by atoms with Gasteiger partial charge in [-0.2, -0.15) is 0 Å². The molecule has 0 spiro atoms. The maximum absolute atomic E-state index is 11.7. The van der Waals surface area contributed by atoms with Crippen LogP contribution in [0.4, 0.5) is 4.79 Å². The lowest BCUT2D eigenvalue weighted by Gasteiger charge is -2.18. The Labute approximate surface area is 120 Å². The number of aliphatic hydroxyl groups is 1. The Morgan fingerprint density at radius 3 is 2.55 bits per heavy atom. The molecule has 0 saturated heterocycles. The van der Waals surface area contributed by atoms with Crippen LogP contribution in [-0.4, -0.2) is 36.4 Å². The van der Waals surface area contributed by atoms with Crippen molar-refractivity contribution >= 4 is 6.09 Å². The molecule has 1 amide bonds. The first-order chi connectivity index (χ1) is 9.52. The molecule has 108 valence electrons. The van der Waals surface area contributed by atoms with Crippen molar-refractivity contribution in [1.29, 1.82) is 0 Å². The average Bonchev–Trinajstić information content (AvgIpc) is 2.43. The summed E-state index contributed by atoms with van der Waals surface area (Å²) in [5.74, 6) is 5.75. The lowest BCUT2D eigenvalue weighted by molar-refractivity contribution is 0.0980. The second-order valence-corrected chi connectivity index (χ2v) is 4.98. The fourth-order valence-electron chi connectivity index (χ4n) is 1.52. The quantitative estimate of drug-likeness (QED) is 0.857. The standard InChI is InChI=1S/C16H21NO3/c1-13(2)12-20-16(19)17(3)11-15-8-6-14(7-9-15)5-4-10-18/h6-9,13,18H,10-12H2,1-3H3. The fourth-order valence-corrected chi connectivity index (χ4v) is 1.52. The van der Waals surface area contributed by atoms with Crippen LogP contribution in [0.25, 0.3) is 0 Å². The number of aliphatic hydroxyl groups excluding tert-OH is 1. The predicted molar refractivity (Wildman–Crippen MR) is 78.1 cm³/mol. The molecular formula is C16H21NO3. The molecule has 1 rings (SSSR count). The Kier molecular flexibility index (Phi) is 6.61. The van der Waals surface area contributed by atoms with Crippen molar-refractivity contribution in [2.75, 3.05) is 20.3 Å². The third kappa shape index (κ3) is 5.77. The van der Waals surface area contributed by atoms with Gasteiger partial charge in [-0.15, -0.1) is 0 Å². The topological polar surface area (TPSA) is 49.8 Å². The van der Waals surface area contributed by atoms with E-state index < -0.39 is 0 Å². The molecule has 0 saturated carbocycles. The Morgan fingerprint density at radius 1 is 1.35 bits per heavy atom. The molecule has 0 aliphatic carbocycles. The van der Waals surface area contributed by atoms with Gasteiger partial charge in [0, 0.05) is 19.2 Å². The van der Waals surface area contributed by atoms with Gasteiger partial charge in [-0.1, -0.05) is 37.8 Å². The summed E-state index contributed by atoms with van der Waals surface area (Å²) in [5.41, 5.74) is 1.84. The molecule has 0 aromatic heterocycles. The first-order valence-electron chi connectivity index (χ1n) is 6.59. The maximum Gasteiger partial charge on any atom is 0.409 e. The molecule has 1 aromatic rings. The molecule has 20 heavy (non-hydrogen) atoms. The van der Waals surface area contributed by atoms with Crippen LogP contribution in [0.15, 0.2) is 24.3 Å². The van der Waals surface area contributed by atoms with Gasteiger partial charge in [-0.25, -0.2) is 4.79 Å². The zero-order chi connectivity index (χ0) is 15.0. The van der Waals surface area contributed by atoms with Crippen LogP contribution in [0.1, 0.15) is 25.0 Å². The van der Waals surface area contributed by atoms with Gasteiger partial charge in [0.15, 0.2) is 0 Å². The monoisotopic (exact) mass is 275 g/mol. The average molecular weight is 275 g/mol. The summed E-state index contributed by atoms with van der Waals surface area (Å²) >= 11 is 0. The Balaban J connectivity index is 2.53. The number of hydrogen-bond acceptors (Lipinski definition) is 3. The number of ether oxygens (including phenoxy) is 1. The number of benzene rings is 1. The van der Waals surface area contributed by atoms with Gasteiger partial charge in [-0.05, 0) is 23.6 Å². The first-order valence-corrected chi connectivity index (χ1v) is 6.59. The van der Waals surface area contributed by atoms with Crippen molar-refractivity contribution in [2.45, 2.75) is 20.4 Å². The van der Waals surface area contributed by atoms with Crippen molar-refractivity contribution in [2.24, 2.45) is 5.92 Å². The van der Waals surface area contributed by atoms with Crippen molar-refractivity contribution in [3.8, 4) is 11.8 Å². The third-order valence-electron chi connectivity index (χ3n) is 2.54. The second kappa shape index (κ2) is 8.23. The number of carbonyl (C=O) groups is 1. The van der Waals surface area contributed by atoms with Gasteiger partial charge in [0.1, 0.15) is 6.61 Å². The summed E-state index contributed by atoms with van der Waals surface area (Å²) in [6.45, 7) is 4.77. The zero-order valence-corrected chi connectivity index (χ0v) is 12.2. The molecule has 0 fully saturated rings. The minimum Gasteiger partial charge on any atom is -0.449 e. The predicted octanol–water partition coefficient (Wildman–Crippen LogP) is 2.25. The van der Waals surface area contributed by atoms with Gasteiger partial charge in [0.05, 0.1) is 6.61 Å². The maximum atomic E-state index is 11.7. The van der Waals surface area contributed by atoms with E-state index in [-0.39, 0.29) is 12.7 Å². The van der Waals surface area contributed by atoms with E-state index in [0.717, 1.165) is 11.1 Å². The smallest absolute Gasteiger partial charge is 0.409 e. The summed E-state index contributed by atoms with van der Waals surface area (Å²) in [4.78, 5) is 13.3. The third-order valence-corrected chi connectivity index (χ3v) is 2.54. The van der Waals surface area contributed by atoms with E-state index in [4.69, 9.17) is 9.84 Å². The number of hydrogen-bond donors (Lipinski definition) is 1. The molecule has 0 atom stereocenters. The van der Waals surface area contributed by atoms with Crippen LogP contribution >= 0.6 is 0 Å². The Hall–Kier alpha value is -1.99. The second-order valence-electron chi connectivity index (χ2n) is 4.98. The molecule has 0 bridgehead atoms. The largest absolute Gasteiger partial charge is 0.449 e. The molecule has 0 unspecified atom stereocenters. The van der Waals surface area contributed by atoms with Gasteiger partial charge >= 0.3 is 6.09 Å². The van der Waals surface area contributed by atoms with Crippen LogP contribution in [0.2, 0.25) is 0 Å². The molecule has 0 aliphatic heterocycles. The van der Waals surface area contributed by atoms with E-state index in [0.29, 0.717) is 19.1 Å². The minimum absolute atomic E-state index is 0.147. The van der Waals surface area contributed by atoms with E-state index in [1.54, 1.807) is 7.05 Å². The number of carbonyl (C=O) groups excluding carboxylic acids is 1. The Morgan fingerprint density at radius 2 is 2.00 bits per heavy atom. The highest BCUT2D eigenvalue weighted by Gasteiger charge is 2.11. The SMILES string of the molecule is CC(C)COC(=O)N(C)Cc1ccc(C#CCO)cc1. The van der Waals surface area contributed by atoms with Gasteiger partial charge < -0.3 is 14.7 Å². The van der Waals surface area contributed by atoms with Crippen molar-refractivity contribution < 1.29 is 14.6 Å². The van der Waals surface area contributed by atoms with Gasteiger partial charge in [-0.3, -0.25) is 0 Å². The number of nitrogens with zero attached hydrogens (tertiary/aromatic N) is 1. The normalized spacial score (nSPS) is 9.85. The summed E-state index contributed by atoms with van der Waals surface area (Å²) in [5, 5.41) is 8.62. The highest BCUT2D eigenvalue weighted by atomic mass is 16.6. The molecule has 0 heterocycles. The number of amides is 1. The summed E-state index contributed by atoms with van der Waals surface area (Å²) in [7, 11) is 1.71. The first kappa shape index (κ1) is 16.1. The van der Waals surface area contributed by atoms with Crippen LogP contribution < -0.4 is 0 Å². The van der Waals surface area contributed by atoms with Crippen LogP contribution in [-0.2, 0) is 11.3 Å². The van der Waals surface area contributed by atoms with Crippen molar-refractivity contribution in [3.05, 3.63) is 35.4 Å². The van der Waals surface area contributed by atoms with E-state index in [1.807, 2.05) is 38.1 Å². The van der Waals surface area contributed by atoms with Crippen LogP contribution in [0.5, 0.6) is 0 Å². The van der Waals surface area contributed by atoms with Gasteiger partial charge in [0.25, 0.3) is 0 Å². The van der Waals surface area contributed by atoms with E-state index >= 15 is 0 Å². The van der Waals surface area contributed by atoms with Gasteiger partial charge in [0.2, 0.25) is 0 Å². The zero-order valence-electron chi connectivity index (χ0n) is 12.2. The number of rotatable bonds is 4. The van der Waals surface area contributed by atoms with E-state index in [9.17, 15) is 4.79 Å². The molecule has 1 N–H and O–H groups in total. The molecular weight excluding hydrogens is 254 g/mol. The molecule has 0 aliphatic rings. The van der Waals surface area contributed by atoms with Crippen molar-refractivity contribution in [1.82, 2.24) is 4.90 Å². The highest BCUT2D eigenvalue weighted by molar-refractivity contribution is 5.67. The van der Waals surface area contributed by atoms with Crippen LogP contribution in [0, 0.1) is 17.8 Å². The molecule has 1 aromatic carbocycles. The van der Waals surface area contributed by atoms with E-state index in [2.05, 4.69) is 11.8 Å². The minimum atomic E-state index is -0.317. The highest BCUT2D eigenvalue weighted by Crippen LogP contribution is 2.07. The summed E-state index contributed by atoms with van der Waals surface area (Å²) in [6, 6.07) is 7.55. The fraction of sp³-hybridized carbons (Fsp3) is 0.438. The van der Waals surface area contributed by atoms with Crippen LogP contribution in [0.3, 0.4) is 0 Å². The lowest BCUT2D eigenvalue weighted by Crippen LogP contribution is -2.28.